The lowest BCUT2D eigenvalue weighted by Gasteiger charge is -2.20. The molecule has 0 unspecified atom stereocenters. The number of ether oxygens (including phenoxy) is 1. The lowest BCUT2D eigenvalue weighted by Crippen LogP contribution is -2.32. The Kier molecular flexibility index (Phi) is 5.56. The van der Waals surface area contributed by atoms with Gasteiger partial charge in [0.15, 0.2) is 0 Å². The van der Waals surface area contributed by atoms with E-state index in [2.05, 4.69) is 4.98 Å². The number of nitrogens with zero attached hydrogens (tertiary/aromatic N) is 2. The molecule has 25 heavy (non-hydrogen) atoms. The SMILES string of the molecule is CCN(CCc1ccncc1)C(=O)c1sc2ccc(OC)cc2c1Cl. The Hall–Kier alpha value is -2.11. The van der Waals surface area contributed by atoms with E-state index in [-0.39, 0.29) is 5.91 Å². The number of hydrogen-bond donors (Lipinski definition) is 0. The van der Waals surface area contributed by atoms with Gasteiger partial charge in [-0.05, 0) is 49.2 Å². The van der Waals surface area contributed by atoms with Gasteiger partial charge in [-0.25, -0.2) is 0 Å². The highest BCUT2D eigenvalue weighted by Gasteiger charge is 2.22. The normalized spacial score (nSPS) is 10.8. The summed E-state index contributed by atoms with van der Waals surface area (Å²) in [4.78, 5) is 19.4. The Morgan fingerprint density at radius 1 is 1.28 bits per heavy atom. The number of fused-ring (bicyclic) bond motifs is 1. The van der Waals surface area contributed by atoms with Crippen LogP contribution in [0.5, 0.6) is 5.75 Å². The first-order valence-corrected chi connectivity index (χ1v) is 9.27. The van der Waals surface area contributed by atoms with Crippen LogP contribution in [0.15, 0.2) is 42.7 Å². The Bertz CT molecular complexity index is 880. The van der Waals surface area contributed by atoms with E-state index in [0.717, 1.165) is 27.8 Å². The summed E-state index contributed by atoms with van der Waals surface area (Å²) in [5, 5.41) is 1.37. The number of hydrogen-bond acceptors (Lipinski definition) is 4. The van der Waals surface area contributed by atoms with Crippen molar-refractivity contribution >= 4 is 38.9 Å². The summed E-state index contributed by atoms with van der Waals surface area (Å²) < 4.78 is 6.23. The van der Waals surface area contributed by atoms with E-state index in [0.29, 0.717) is 23.0 Å². The van der Waals surface area contributed by atoms with Gasteiger partial charge < -0.3 is 9.64 Å². The highest BCUT2D eigenvalue weighted by molar-refractivity contribution is 7.21. The van der Waals surface area contributed by atoms with Crippen LogP contribution in [0, 0.1) is 0 Å². The van der Waals surface area contributed by atoms with Gasteiger partial charge in [0.25, 0.3) is 5.91 Å². The van der Waals surface area contributed by atoms with Crippen LogP contribution in [-0.2, 0) is 6.42 Å². The van der Waals surface area contributed by atoms with E-state index in [4.69, 9.17) is 16.3 Å². The second kappa shape index (κ2) is 7.85. The maximum Gasteiger partial charge on any atom is 0.265 e. The van der Waals surface area contributed by atoms with Gasteiger partial charge in [-0.1, -0.05) is 11.6 Å². The first kappa shape index (κ1) is 17.7. The molecular formula is C19H19ClN2O2S. The number of benzene rings is 1. The monoisotopic (exact) mass is 374 g/mol. The van der Waals surface area contributed by atoms with E-state index in [1.54, 1.807) is 19.5 Å². The van der Waals surface area contributed by atoms with Crippen LogP contribution in [0.3, 0.4) is 0 Å². The summed E-state index contributed by atoms with van der Waals surface area (Å²) in [5.74, 6) is 0.706. The highest BCUT2D eigenvalue weighted by Crippen LogP contribution is 2.38. The lowest BCUT2D eigenvalue weighted by atomic mass is 10.2. The van der Waals surface area contributed by atoms with Crippen molar-refractivity contribution in [3.63, 3.8) is 0 Å². The molecule has 0 fully saturated rings. The number of methoxy groups -OCH3 is 1. The Balaban J connectivity index is 1.82. The predicted octanol–water partition coefficient (Wildman–Crippen LogP) is 4.66. The Labute approximate surface area is 156 Å². The van der Waals surface area contributed by atoms with Crippen LogP contribution in [-0.4, -0.2) is 36.0 Å². The third kappa shape index (κ3) is 3.78. The number of carbonyl (C=O) groups excluding carboxylic acids is 1. The number of likely N-dealkylation sites (N-methyl/N-ethyl adjacent to an activating group) is 1. The average Bonchev–Trinajstić information content (AvgIpc) is 2.99. The van der Waals surface area contributed by atoms with Crippen LogP contribution in [0.2, 0.25) is 5.02 Å². The summed E-state index contributed by atoms with van der Waals surface area (Å²) in [6, 6.07) is 9.63. The highest BCUT2D eigenvalue weighted by atomic mass is 35.5. The fourth-order valence-electron chi connectivity index (χ4n) is 2.67. The molecule has 0 N–H and O–H groups in total. The molecule has 3 rings (SSSR count). The molecule has 0 aliphatic carbocycles. The molecule has 0 aliphatic heterocycles. The molecular weight excluding hydrogens is 356 g/mol. The standard InChI is InChI=1S/C19H19ClN2O2S/c1-3-22(11-8-13-6-9-21-10-7-13)19(23)18-17(20)15-12-14(24-2)4-5-16(15)25-18/h4-7,9-10,12H,3,8,11H2,1-2H3. The predicted molar refractivity (Wildman–Crippen MR) is 103 cm³/mol. The lowest BCUT2D eigenvalue weighted by molar-refractivity contribution is 0.0771. The zero-order valence-corrected chi connectivity index (χ0v) is 15.7. The summed E-state index contributed by atoms with van der Waals surface area (Å²) in [6.07, 6.45) is 4.33. The molecule has 1 aromatic carbocycles. The maximum atomic E-state index is 13.0. The molecule has 0 saturated carbocycles. The molecule has 1 amide bonds. The van der Waals surface area contributed by atoms with Crippen molar-refractivity contribution in [1.29, 1.82) is 0 Å². The Morgan fingerprint density at radius 2 is 2.04 bits per heavy atom. The number of carbonyl (C=O) groups is 1. The minimum absolute atomic E-state index is 0.0262. The van der Waals surface area contributed by atoms with E-state index in [9.17, 15) is 4.79 Å². The fraction of sp³-hybridized carbons (Fsp3) is 0.263. The van der Waals surface area contributed by atoms with Crippen molar-refractivity contribution in [2.75, 3.05) is 20.2 Å². The molecule has 0 bridgehead atoms. The van der Waals surface area contributed by atoms with Crippen LogP contribution >= 0.6 is 22.9 Å². The number of pyridine rings is 1. The van der Waals surface area contributed by atoms with Gasteiger partial charge in [-0.2, -0.15) is 0 Å². The van der Waals surface area contributed by atoms with Crippen molar-refractivity contribution in [3.05, 3.63) is 58.2 Å². The zero-order valence-electron chi connectivity index (χ0n) is 14.2. The van der Waals surface area contributed by atoms with Crippen LogP contribution < -0.4 is 4.74 Å². The van der Waals surface area contributed by atoms with Crippen molar-refractivity contribution in [3.8, 4) is 5.75 Å². The number of thiophene rings is 1. The van der Waals surface area contributed by atoms with Crippen molar-refractivity contribution in [1.82, 2.24) is 9.88 Å². The van der Waals surface area contributed by atoms with E-state index in [1.807, 2.05) is 42.2 Å². The zero-order chi connectivity index (χ0) is 17.8. The quantitative estimate of drug-likeness (QED) is 0.630. The smallest absolute Gasteiger partial charge is 0.265 e. The molecule has 0 aliphatic rings. The first-order chi connectivity index (χ1) is 12.1. The van der Waals surface area contributed by atoms with E-state index < -0.39 is 0 Å². The second-order valence-corrected chi connectivity index (χ2v) is 7.03. The molecule has 0 atom stereocenters. The van der Waals surface area contributed by atoms with Crippen LogP contribution in [0.1, 0.15) is 22.2 Å². The molecule has 0 saturated heterocycles. The molecule has 2 heterocycles. The van der Waals surface area contributed by atoms with Gasteiger partial charge in [0, 0.05) is 35.6 Å². The summed E-state index contributed by atoms with van der Waals surface area (Å²) in [7, 11) is 1.62. The van der Waals surface area contributed by atoms with E-state index in [1.165, 1.54) is 11.3 Å². The van der Waals surface area contributed by atoms with Gasteiger partial charge in [0.2, 0.25) is 0 Å². The summed E-state index contributed by atoms with van der Waals surface area (Å²) >= 11 is 7.93. The fourth-order valence-corrected chi connectivity index (χ4v) is 4.12. The van der Waals surface area contributed by atoms with Gasteiger partial charge in [-0.15, -0.1) is 11.3 Å². The van der Waals surface area contributed by atoms with Gasteiger partial charge in [-0.3, -0.25) is 9.78 Å². The summed E-state index contributed by atoms with van der Waals surface area (Å²) in [5.41, 5.74) is 1.16. The Morgan fingerprint density at radius 3 is 2.72 bits per heavy atom. The van der Waals surface area contributed by atoms with Crippen LogP contribution in [0.25, 0.3) is 10.1 Å². The molecule has 130 valence electrons. The molecule has 0 spiro atoms. The molecule has 3 aromatic rings. The van der Waals surface area contributed by atoms with Crippen LogP contribution in [0.4, 0.5) is 0 Å². The molecule has 2 aromatic heterocycles. The van der Waals surface area contributed by atoms with Gasteiger partial charge in [0.05, 0.1) is 12.1 Å². The average molecular weight is 375 g/mol. The van der Waals surface area contributed by atoms with Gasteiger partial charge in [0.1, 0.15) is 10.6 Å². The number of halogens is 1. The second-order valence-electron chi connectivity index (χ2n) is 5.60. The minimum Gasteiger partial charge on any atom is -0.497 e. The minimum atomic E-state index is -0.0262. The molecule has 0 radical (unpaired) electrons. The van der Waals surface area contributed by atoms with E-state index >= 15 is 0 Å². The third-order valence-corrected chi connectivity index (χ3v) is 5.78. The number of amides is 1. The third-order valence-electron chi connectivity index (χ3n) is 4.12. The molecule has 4 nitrogen and oxygen atoms in total. The molecule has 6 heteroatoms. The topological polar surface area (TPSA) is 42.4 Å². The summed E-state index contributed by atoms with van der Waals surface area (Å²) in [6.45, 7) is 3.26. The maximum absolute atomic E-state index is 13.0. The number of rotatable bonds is 6. The largest absolute Gasteiger partial charge is 0.497 e. The first-order valence-electron chi connectivity index (χ1n) is 8.08. The van der Waals surface area contributed by atoms with Gasteiger partial charge >= 0.3 is 0 Å². The van der Waals surface area contributed by atoms with Crippen molar-refractivity contribution < 1.29 is 9.53 Å². The number of aromatic nitrogens is 1. The van der Waals surface area contributed by atoms with Crippen molar-refractivity contribution in [2.45, 2.75) is 13.3 Å². The van der Waals surface area contributed by atoms with Crippen molar-refractivity contribution in [2.24, 2.45) is 0 Å².